The molecule has 0 radical (unpaired) electrons. The predicted molar refractivity (Wildman–Crippen MR) is 108 cm³/mol. The van der Waals surface area contributed by atoms with Crippen LogP contribution >= 0.6 is 0 Å². The molecule has 4 rings (SSSR count). The maximum atomic E-state index is 13.0. The van der Waals surface area contributed by atoms with Gasteiger partial charge in [0.1, 0.15) is 5.56 Å². The third-order valence-corrected chi connectivity index (χ3v) is 5.87. The Morgan fingerprint density at radius 1 is 1.18 bits per heavy atom. The molecule has 0 spiro atoms. The minimum Gasteiger partial charge on any atom is -0.477 e. The van der Waals surface area contributed by atoms with Gasteiger partial charge in [-0.15, -0.1) is 0 Å². The van der Waals surface area contributed by atoms with Gasteiger partial charge in [-0.05, 0) is 43.4 Å². The van der Waals surface area contributed by atoms with Gasteiger partial charge in [-0.25, -0.2) is 4.98 Å². The number of hydrogen-bond donors (Lipinski definition) is 2. The first-order valence-electron chi connectivity index (χ1n) is 10.2. The average Bonchev–Trinajstić information content (AvgIpc) is 3.25. The number of nitrogens with one attached hydrogen (secondary N) is 2. The second kappa shape index (κ2) is 8.71. The number of likely N-dealkylation sites (tertiary alicyclic amines) is 1. The summed E-state index contributed by atoms with van der Waals surface area (Å²) in [5, 5.41) is 0. The molecule has 6 heteroatoms. The predicted octanol–water partition coefficient (Wildman–Crippen LogP) is 2.59. The van der Waals surface area contributed by atoms with E-state index in [4.69, 9.17) is 4.74 Å². The molecule has 2 atom stereocenters. The Kier molecular flexibility index (Phi) is 5.88. The summed E-state index contributed by atoms with van der Waals surface area (Å²) in [7, 11) is 0. The molecule has 2 fully saturated rings. The molecule has 0 aliphatic carbocycles. The van der Waals surface area contributed by atoms with Gasteiger partial charge in [-0.3, -0.25) is 15.6 Å². The highest BCUT2D eigenvalue weighted by atomic mass is 16.5. The largest absolute Gasteiger partial charge is 0.477 e. The molecule has 2 aliphatic heterocycles. The van der Waals surface area contributed by atoms with Gasteiger partial charge in [0.15, 0.2) is 0 Å². The Morgan fingerprint density at radius 3 is 2.71 bits per heavy atom. The molecular weight excluding hydrogens is 352 g/mol. The molecule has 1 aromatic heterocycles. The number of amides is 1. The quantitative estimate of drug-likeness (QED) is 0.835. The maximum absolute atomic E-state index is 13.0. The molecule has 0 saturated carbocycles. The molecule has 28 heavy (non-hydrogen) atoms. The lowest BCUT2D eigenvalue weighted by Crippen LogP contribution is -2.45. The number of nitrogens with zero attached hydrogens (tertiary/aromatic N) is 2. The van der Waals surface area contributed by atoms with Crippen LogP contribution in [-0.2, 0) is 0 Å². The van der Waals surface area contributed by atoms with Crippen LogP contribution in [-0.4, -0.2) is 48.1 Å². The number of ether oxygens (including phenoxy) is 1. The van der Waals surface area contributed by atoms with E-state index in [0.29, 0.717) is 35.9 Å². The summed E-state index contributed by atoms with van der Waals surface area (Å²) in [6.45, 7) is 4.88. The molecule has 1 aromatic carbocycles. The molecule has 2 N–H and O–H groups in total. The molecular formula is C22H28N4O2. The first kappa shape index (κ1) is 18.9. The zero-order valence-electron chi connectivity index (χ0n) is 16.3. The molecule has 0 bridgehead atoms. The molecule has 2 aliphatic rings. The van der Waals surface area contributed by atoms with Gasteiger partial charge in [0.2, 0.25) is 5.88 Å². The van der Waals surface area contributed by atoms with Crippen molar-refractivity contribution in [1.29, 1.82) is 0 Å². The van der Waals surface area contributed by atoms with Crippen LogP contribution in [0.5, 0.6) is 5.88 Å². The fourth-order valence-corrected chi connectivity index (χ4v) is 4.42. The number of aromatic nitrogens is 1. The van der Waals surface area contributed by atoms with E-state index in [2.05, 4.69) is 46.2 Å². The minimum absolute atomic E-state index is 0.0205. The number of piperidine rings is 1. The van der Waals surface area contributed by atoms with Crippen LogP contribution in [0.3, 0.4) is 0 Å². The van der Waals surface area contributed by atoms with E-state index < -0.39 is 0 Å². The lowest BCUT2D eigenvalue weighted by atomic mass is 9.80. The Labute approximate surface area is 166 Å². The van der Waals surface area contributed by atoms with Crippen LogP contribution in [0.2, 0.25) is 0 Å². The van der Waals surface area contributed by atoms with E-state index in [0.717, 1.165) is 32.5 Å². The summed E-state index contributed by atoms with van der Waals surface area (Å²) in [6.07, 6.45) is 3.66. The third kappa shape index (κ3) is 3.88. The van der Waals surface area contributed by atoms with Gasteiger partial charge in [0.25, 0.3) is 5.91 Å². The average molecular weight is 380 g/mol. The van der Waals surface area contributed by atoms with Crippen molar-refractivity contribution in [1.82, 2.24) is 20.7 Å². The molecule has 2 unspecified atom stereocenters. The van der Waals surface area contributed by atoms with Crippen LogP contribution in [0.4, 0.5) is 0 Å². The van der Waals surface area contributed by atoms with Gasteiger partial charge < -0.3 is 9.64 Å². The molecule has 6 nitrogen and oxygen atoms in total. The van der Waals surface area contributed by atoms with Crippen LogP contribution in [0.15, 0.2) is 48.7 Å². The van der Waals surface area contributed by atoms with E-state index in [-0.39, 0.29) is 5.91 Å². The van der Waals surface area contributed by atoms with E-state index in [1.54, 1.807) is 18.3 Å². The third-order valence-electron chi connectivity index (χ3n) is 5.87. The molecule has 2 saturated heterocycles. The van der Waals surface area contributed by atoms with Gasteiger partial charge in [-0.1, -0.05) is 30.3 Å². The first-order valence-corrected chi connectivity index (χ1v) is 10.2. The Morgan fingerprint density at radius 2 is 1.96 bits per heavy atom. The first-order chi connectivity index (χ1) is 13.8. The topological polar surface area (TPSA) is 66.5 Å². The normalized spacial score (nSPS) is 23.0. The number of hydrazine groups is 1. The van der Waals surface area contributed by atoms with Gasteiger partial charge >= 0.3 is 0 Å². The molecule has 1 amide bonds. The van der Waals surface area contributed by atoms with Crippen LogP contribution in [0.25, 0.3) is 0 Å². The van der Waals surface area contributed by atoms with E-state index >= 15 is 0 Å². The molecule has 3 heterocycles. The summed E-state index contributed by atoms with van der Waals surface area (Å²) in [5.74, 6) is 1.47. The van der Waals surface area contributed by atoms with Crippen molar-refractivity contribution in [2.75, 3.05) is 26.2 Å². The fraction of sp³-hybridized carbons (Fsp3) is 0.455. The maximum Gasteiger partial charge on any atom is 0.259 e. The molecule has 2 aromatic rings. The molecule has 148 valence electrons. The number of carbonyl (C=O) groups is 1. The van der Waals surface area contributed by atoms with E-state index in [1.165, 1.54) is 5.56 Å². The van der Waals surface area contributed by atoms with Crippen molar-refractivity contribution >= 4 is 5.91 Å². The summed E-state index contributed by atoms with van der Waals surface area (Å²) < 4.78 is 5.54. The second-order valence-electron chi connectivity index (χ2n) is 7.49. The van der Waals surface area contributed by atoms with Crippen molar-refractivity contribution in [2.45, 2.75) is 31.7 Å². The highest BCUT2D eigenvalue weighted by Crippen LogP contribution is 2.33. The Hall–Kier alpha value is -2.44. The zero-order chi connectivity index (χ0) is 19.3. The number of rotatable bonds is 5. The van der Waals surface area contributed by atoms with Crippen LogP contribution in [0.1, 0.15) is 41.6 Å². The van der Waals surface area contributed by atoms with Crippen molar-refractivity contribution in [3.8, 4) is 5.88 Å². The van der Waals surface area contributed by atoms with Gasteiger partial charge in [0.05, 0.1) is 6.61 Å². The highest BCUT2D eigenvalue weighted by Gasteiger charge is 2.37. The van der Waals surface area contributed by atoms with Crippen molar-refractivity contribution < 1.29 is 9.53 Å². The SMILES string of the molecule is CCOc1ncccc1C(=O)N1CCC(C2NNCC2c2ccccc2)CC1. The standard InChI is InChI=1S/C22H28N4O2/c1-2-28-21-18(9-6-12-23-21)22(27)26-13-10-17(11-14-26)20-19(15-24-25-20)16-7-4-3-5-8-16/h3-9,12,17,19-20,24-25H,2,10-11,13-15H2,1H3. The number of carbonyl (C=O) groups excluding carboxylic acids is 1. The summed E-state index contributed by atoms with van der Waals surface area (Å²) in [5.41, 5.74) is 8.77. The van der Waals surface area contributed by atoms with Crippen LogP contribution in [0, 0.1) is 5.92 Å². The van der Waals surface area contributed by atoms with Crippen molar-refractivity contribution in [3.63, 3.8) is 0 Å². The summed E-state index contributed by atoms with van der Waals surface area (Å²) in [4.78, 5) is 19.1. The zero-order valence-corrected chi connectivity index (χ0v) is 16.3. The van der Waals surface area contributed by atoms with E-state index in [9.17, 15) is 4.79 Å². The second-order valence-corrected chi connectivity index (χ2v) is 7.49. The fourth-order valence-electron chi connectivity index (χ4n) is 4.42. The minimum atomic E-state index is 0.0205. The Bertz CT molecular complexity index is 790. The van der Waals surface area contributed by atoms with Gasteiger partial charge in [0, 0.05) is 37.8 Å². The van der Waals surface area contributed by atoms with Crippen LogP contribution < -0.4 is 15.6 Å². The number of benzene rings is 1. The summed E-state index contributed by atoms with van der Waals surface area (Å²) >= 11 is 0. The van der Waals surface area contributed by atoms with Crippen molar-refractivity contribution in [3.05, 3.63) is 59.8 Å². The lowest BCUT2D eigenvalue weighted by Gasteiger charge is -2.36. The monoisotopic (exact) mass is 380 g/mol. The Balaban J connectivity index is 1.40. The lowest BCUT2D eigenvalue weighted by molar-refractivity contribution is 0.0665. The van der Waals surface area contributed by atoms with Crippen molar-refractivity contribution in [2.24, 2.45) is 5.92 Å². The number of pyridine rings is 1. The van der Waals surface area contributed by atoms with Gasteiger partial charge in [-0.2, -0.15) is 0 Å². The van der Waals surface area contributed by atoms with E-state index in [1.807, 2.05) is 11.8 Å². The summed E-state index contributed by atoms with van der Waals surface area (Å²) in [6, 6.07) is 14.7. The number of hydrogen-bond acceptors (Lipinski definition) is 5. The highest BCUT2D eigenvalue weighted by molar-refractivity contribution is 5.96. The smallest absolute Gasteiger partial charge is 0.259 e.